The summed E-state index contributed by atoms with van der Waals surface area (Å²) in [6, 6.07) is 5.13. The van der Waals surface area contributed by atoms with E-state index in [9.17, 15) is 4.79 Å². The highest BCUT2D eigenvalue weighted by Gasteiger charge is 2.24. The molecule has 1 atom stereocenters. The van der Waals surface area contributed by atoms with Crippen molar-refractivity contribution in [2.75, 3.05) is 6.61 Å². The zero-order chi connectivity index (χ0) is 15.0. The monoisotopic (exact) mass is 289 g/mol. The fourth-order valence-corrected chi connectivity index (χ4v) is 2.42. The van der Waals surface area contributed by atoms with Crippen LogP contribution in [0.3, 0.4) is 0 Å². The SMILES string of the molecule is CCOc1cc2c(cc1-c1cc(C(=O)O)on1)OC(C)C2. The van der Waals surface area contributed by atoms with Gasteiger partial charge in [-0.05, 0) is 26.0 Å². The molecule has 1 aliphatic heterocycles. The molecule has 1 N–H and O–H groups in total. The second kappa shape index (κ2) is 5.12. The maximum atomic E-state index is 10.9. The number of benzene rings is 1. The van der Waals surface area contributed by atoms with E-state index in [1.165, 1.54) is 6.07 Å². The van der Waals surface area contributed by atoms with Crippen LogP contribution in [0.15, 0.2) is 22.7 Å². The lowest BCUT2D eigenvalue weighted by atomic mass is 10.0. The molecule has 110 valence electrons. The van der Waals surface area contributed by atoms with E-state index in [4.69, 9.17) is 19.1 Å². The van der Waals surface area contributed by atoms with Crippen LogP contribution in [0, 0.1) is 0 Å². The smallest absolute Gasteiger partial charge is 0.374 e. The number of hydrogen-bond donors (Lipinski definition) is 1. The minimum Gasteiger partial charge on any atom is -0.493 e. The Kier molecular flexibility index (Phi) is 3.29. The first kappa shape index (κ1) is 13.5. The third kappa shape index (κ3) is 2.44. The molecule has 2 aromatic rings. The standard InChI is InChI=1S/C15H15NO5/c1-3-19-13-5-9-4-8(2)20-12(9)6-10(13)11-7-14(15(17)18)21-16-11/h5-8H,3-4H2,1-2H3,(H,17,18). The van der Waals surface area contributed by atoms with Crippen molar-refractivity contribution in [3.05, 3.63) is 29.5 Å². The number of rotatable bonds is 4. The van der Waals surface area contributed by atoms with Crippen LogP contribution in [0.4, 0.5) is 0 Å². The van der Waals surface area contributed by atoms with Gasteiger partial charge < -0.3 is 19.1 Å². The van der Waals surface area contributed by atoms with E-state index in [-0.39, 0.29) is 11.9 Å². The van der Waals surface area contributed by atoms with Gasteiger partial charge in [-0.15, -0.1) is 0 Å². The third-order valence-corrected chi connectivity index (χ3v) is 3.29. The summed E-state index contributed by atoms with van der Waals surface area (Å²) in [7, 11) is 0. The van der Waals surface area contributed by atoms with E-state index in [0.29, 0.717) is 23.6 Å². The van der Waals surface area contributed by atoms with Gasteiger partial charge in [0.05, 0.1) is 6.61 Å². The molecule has 1 unspecified atom stereocenters. The number of ether oxygens (including phenoxy) is 2. The molecule has 1 aromatic carbocycles. The number of carbonyl (C=O) groups is 1. The van der Waals surface area contributed by atoms with Gasteiger partial charge in [-0.1, -0.05) is 5.16 Å². The van der Waals surface area contributed by atoms with E-state index in [2.05, 4.69) is 5.16 Å². The number of aromatic nitrogens is 1. The highest BCUT2D eigenvalue weighted by Crippen LogP contribution is 2.39. The molecule has 0 saturated carbocycles. The molecule has 0 aliphatic carbocycles. The molecule has 6 nitrogen and oxygen atoms in total. The number of aromatic carboxylic acids is 1. The van der Waals surface area contributed by atoms with E-state index in [1.54, 1.807) is 0 Å². The Labute approximate surface area is 121 Å². The van der Waals surface area contributed by atoms with Crippen LogP contribution in [0.1, 0.15) is 30.0 Å². The van der Waals surface area contributed by atoms with Crippen LogP contribution in [0.25, 0.3) is 11.3 Å². The molecule has 3 rings (SSSR count). The highest BCUT2D eigenvalue weighted by atomic mass is 16.5. The van der Waals surface area contributed by atoms with Crippen LogP contribution in [-0.2, 0) is 6.42 Å². The largest absolute Gasteiger partial charge is 0.493 e. The van der Waals surface area contributed by atoms with Crippen molar-refractivity contribution in [2.45, 2.75) is 26.4 Å². The van der Waals surface area contributed by atoms with Gasteiger partial charge in [0, 0.05) is 23.6 Å². The maximum Gasteiger partial charge on any atom is 0.374 e. The molecule has 0 bridgehead atoms. The zero-order valence-electron chi connectivity index (χ0n) is 11.8. The van der Waals surface area contributed by atoms with Crippen molar-refractivity contribution in [1.82, 2.24) is 5.16 Å². The molecular formula is C15H15NO5. The lowest BCUT2D eigenvalue weighted by Gasteiger charge is -2.10. The first-order chi connectivity index (χ1) is 10.1. The van der Waals surface area contributed by atoms with Gasteiger partial charge in [-0.2, -0.15) is 0 Å². The Hall–Kier alpha value is -2.50. The Bertz CT molecular complexity index is 691. The molecule has 0 radical (unpaired) electrons. The summed E-state index contributed by atoms with van der Waals surface area (Å²) in [5.74, 6) is 0.0694. The average Bonchev–Trinajstić information content (AvgIpc) is 3.03. The topological polar surface area (TPSA) is 81.8 Å². The summed E-state index contributed by atoms with van der Waals surface area (Å²) in [6.07, 6.45) is 0.950. The van der Waals surface area contributed by atoms with Crippen molar-refractivity contribution in [1.29, 1.82) is 0 Å². The Balaban J connectivity index is 2.07. The summed E-state index contributed by atoms with van der Waals surface area (Å²) >= 11 is 0. The molecule has 6 heteroatoms. The van der Waals surface area contributed by atoms with Crippen molar-refractivity contribution in [2.24, 2.45) is 0 Å². The van der Waals surface area contributed by atoms with E-state index >= 15 is 0 Å². The van der Waals surface area contributed by atoms with Crippen LogP contribution in [-0.4, -0.2) is 28.9 Å². The Morgan fingerprint density at radius 1 is 1.48 bits per heavy atom. The molecule has 0 fully saturated rings. The average molecular weight is 289 g/mol. The van der Waals surface area contributed by atoms with Gasteiger partial charge in [0.25, 0.3) is 0 Å². The predicted octanol–water partition coefficient (Wildman–Crippen LogP) is 2.76. The Morgan fingerprint density at radius 3 is 2.95 bits per heavy atom. The third-order valence-electron chi connectivity index (χ3n) is 3.29. The molecule has 0 saturated heterocycles. The zero-order valence-corrected chi connectivity index (χ0v) is 11.8. The number of hydrogen-bond acceptors (Lipinski definition) is 5. The van der Waals surface area contributed by atoms with Crippen LogP contribution >= 0.6 is 0 Å². The van der Waals surface area contributed by atoms with Gasteiger partial charge in [0.15, 0.2) is 0 Å². The van der Waals surface area contributed by atoms with Gasteiger partial charge in [0.1, 0.15) is 23.3 Å². The molecule has 2 heterocycles. The molecule has 0 spiro atoms. The number of carboxylic acid groups (broad SMARTS) is 1. The fraction of sp³-hybridized carbons (Fsp3) is 0.333. The Morgan fingerprint density at radius 2 is 2.29 bits per heavy atom. The van der Waals surface area contributed by atoms with Crippen molar-refractivity contribution in [3.63, 3.8) is 0 Å². The van der Waals surface area contributed by atoms with Crippen LogP contribution in [0.5, 0.6) is 11.5 Å². The summed E-state index contributed by atoms with van der Waals surface area (Å²) in [5.41, 5.74) is 2.17. The quantitative estimate of drug-likeness (QED) is 0.932. The highest BCUT2D eigenvalue weighted by molar-refractivity contribution is 5.86. The van der Waals surface area contributed by atoms with E-state index in [0.717, 1.165) is 17.7 Å². The minimum absolute atomic E-state index is 0.122. The number of carboxylic acids is 1. The van der Waals surface area contributed by atoms with Gasteiger partial charge >= 0.3 is 5.97 Å². The predicted molar refractivity (Wildman–Crippen MR) is 73.9 cm³/mol. The number of nitrogens with zero attached hydrogens (tertiary/aromatic N) is 1. The molecular weight excluding hydrogens is 274 g/mol. The minimum atomic E-state index is -1.15. The summed E-state index contributed by atoms with van der Waals surface area (Å²) in [6.45, 7) is 4.39. The molecule has 1 aromatic heterocycles. The second-order valence-electron chi connectivity index (χ2n) is 4.90. The van der Waals surface area contributed by atoms with Gasteiger partial charge in [-0.25, -0.2) is 4.79 Å². The van der Waals surface area contributed by atoms with Crippen molar-refractivity contribution < 1.29 is 23.9 Å². The first-order valence-electron chi connectivity index (χ1n) is 6.75. The fourth-order valence-electron chi connectivity index (χ4n) is 2.42. The van der Waals surface area contributed by atoms with Crippen LogP contribution < -0.4 is 9.47 Å². The first-order valence-corrected chi connectivity index (χ1v) is 6.75. The van der Waals surface area contributed by atoms with Crippen molar-refractivity contribution >= 4 is 5.97 Å². The van der Waals surface area contributed by atoms with E-state index < -0.39 is 5.97 Å². The lowest BCUT2D eigenvalue weighted by molar-refractivity contribution is 0.0652. The summed E-state index contributed by atoms with van der Waals surface area (Å²) in [5, 5.41) is 12.7. The molecule has 1 aliphatic rings. The normalized spacial score (nSPS) is 16.4. The van der Waals surface area contributed by atoms with Gasteiger partial charge in [-0.3, -0.25) is 0 Å². The lowest BCUT2D eigenvalue weighted by Crippen LogP contribution is -2.05. The summed E-state index contributed by atoms with van der Waals surface area (Å²) in [4.78, 5) is 10.9. The van der Waals surface area contributed by atoms with E-state index in [1.807, 2.05) is 26.0 Å². The molecule has 21 heavy (non-hydrogen) atoms. The maximum absolute atomic E-state index is 10.9. The van der Waals surface area contributed by atoms with Crippen molar-refractivity contribution in [3.8, 4) is 22.8 Å². The summed E-state index contributed by atoms with van der Waals surface area (Å²) < 4.78 is 16.2. The van der Waals surface area contributed by atoms with Crippen LogP contribution in [0.2, 0.25) is 0 Å². The van der Waals surface area contributed by atoms with Gasteiger partial charge in [0.2, 0.25) is 5.76 Å². The number of fused-ring (bicyclic) bond motifs is 1. The molecule has 0 amide bonds. The second-order valence-corrected chi connectivity index (χ2v) is 4.90.